The molecule has 0 unspecified atom stereocenters. The molecule has 0 saturated carbocycles. The van der Waals surface area contributed by atoms with Crippen molar-refractivity contribution in [3.05, 3.63) is 34.4 Å². The van der Waals surface area contributed by atoms with Crippen LogP contribution in [0, 0.1) is 20.8 Å². The van der Waals surface area contributed by atoms with Gasteiger partial charge in [-0.3, -0.25) is 4.79 Å². The molecule has 18 heavy (non-hydrogen) atoms. The topological polar surface area (TPSA) is 20.3 Å². The molecule has 1 amide bonds. The smallest absolute Gasteiger partial charge is 0.254 e. The van der Waals surface area contributed by atoms with Crippen LogP contribution in [0.25, 0.3) is 0 Å². The number of aryl methyl sites for hydroxylation is 3. The number of carbonyl (C=O) groups excluding carboxylic acids is 1. The van der Waals surface area contributed by atoms with Crippen molar-refractivity contribution in [3.63, 3.8) is 0 Å². The van der Waals surface area contributed by atoms with Crippen LogP contribution >= 0.6 is 0 Å². The van der Waals surface area contributed by atoms with Gasteiger partial charge in [-0.2, -0.15) is 0 Å². The van der Waals surface area contributed by atoms with Crippen LogP contribution in [0.1, 0.15) is 54.7 Å². The summed E-state index contributed by atoms with van der Waals surface area (Å²) in [5.74, 6) is 0.148. The molecule has 0 atom stereocenters. The van der Waals surface area contributed by atoms with E-state index in [1.807, 2.05) is 18.7 Å². The van der Waals surface area contributed by atoms with Gasteiger partial charge in [-0.05, 0) is 59.6 Å². The van der Waals surface area contributed by atoms with E-state index in [9.17, 15) is 4.79 Å². The average molecular weight is 247 g/mol. The molecule has 0 aliphatic carbocycles. The van der Waals surface area contributed by atoms with Crippen molar-refractivity contribution in [1.82, 2.24) is 4.90 Å². The van der Waals surface area contributed by atoms with Crippen LogP contribution in [0.2, 0.25) is 0 Å². The van der Waals surface area contributed by atoms with Crippen molar-refractivity contribution in [2.24, 2.45) is 0 Å². The fraction of sp³-hybridized carbons (Fsp3) is 0.562. The molecule has 2 nitrogen and oxygen atoms in total. The van der Waals surface area contributed by atoms with Gasteiger partial charge in [-0.1, -0.05) is 17.7 Å². The van der Waals surface area contributed by atoms with Crippen molar-refractivity contribution >= 4 is 5.91 Å². The highest BCUT2D eigenvalue weighted by atomic mass is 16.2. The van der Waals surface area contributed by atoms with Gasteiger partial charge in [0.1, 0.15) is 0 Å². The molecule has 2 heteroatoms. The molecule has 1 aromatic carbocycles. The van der Waals surface area contributed by atoms with Crippen molar-refractivity contribution in [2.75, 3.05) is 0 Å². The fourth-order valence-electron chi connectivity index (χ4n) is 2.71. The predicted octanol–water partition coefficient (Wildman–Crippen LogP) is 3.87. The molecule has 1 aromatic rings. The van der Waals surface area contributed by atoms with E-state index in [-0.39, 0.29) is 18.0 Å². The maximum atomic E-state index is 12.7. The molecule has 0 radical (unpaired) electrons. The van der Waals surface area contributed by atoms with Gasteiger partial charge in [0.05, 0.1) is 0 Å². The summed E-state index contributed by atoms with van der Waals surface area (Å²) in [6.45, 7) is 14.4. The molecule has 0 spiro atoms. The molecule has 0 saturated heterocycles. The lowest BCUT2D eigenvalue weighted by Crippen LogP contribution is -2.42. The Morgan fingerprint density at radius 2 is 1.33 bits per heavy atom. The van der Waals surface area contributed by atoms with Crippen molar-refractivity contribution in [2.45, 2.75) is 60.5 Å². The van der Waals surface area contributed by atoms with E-state index in [1.165, 1.54) is 5.56 Å². The number of nitrogens with zero attached hydrogens (tertiary/aromatic N) is 1. The SMILES string of the molecule is Cc1cc(C)c(C(=O)N(C(C)C)C(C)C)c(C)c1. The summed E-state index contributed by atoms with van der Waals surface area (Å²) in [4.78, 5) is 14.7. The highest BCUT2D eigenvalue weighted by Crippen LogP contribution is 2.20. The van der Waals surface area contributed by atoms with E-state index in [4.69, 9.17) is 0 Å². The standard InChI is InChI=1S/C16H25NO/c1-10(2)17(11(3)4)16(18)15-13(6)8-12(5)9-14(15)7/h8-11H,1-7H3. The minimum atomic E-state index is 0.148. The zero-order chi connectivity index (χ0) is 14.0. The first kappa shape index (κ1) is 14.7. The van der Waals surface area contributed by atoms with Crippen molar-refractivity contribution in [3.8, 4) is 0 Å². The van der Waals surface area contributed by atoms with Gasteiger partial charge in [0.2, 0.25) is 0 Å². The molecule has 1 rings (SSSR count). The Balaban J connectivity index is 3.25. The fourth-order valence-corrected chi connectivity index (χ4v) is 2.71. The summed E-state index contributed by atoms with van der Waals surface area (Å²) in [6, 6.07) is 4.60. The third kappa shape index (κ3) is 2.92. The molecule has 0 bridgehead atoms. The first-order valence-electron chi connectivity index (χ1n) is 6.66. The largest absolute Gasteiger partial charge is 0.334 e. The number of hydrogen-bond donors (Lipinski definition) is 0. The van der Waals surface area contributed by atoms with Crippen LogP contribution in [0.4, 0.5) is 0 Å². The number of benzene rings is 1. The van der Waals surface area contributed by atoms with Gasteiger partial charge >= 0.3 is 0 Å². The first-order valence-corrected chi connectivity index (χ1v) is 6.66. The summed E-state index contributed by atoms with van der Waals surface area (Å²) < 4.78 is 0. The highest BCUT2D eigenvalue weighted by molar-refractivity contribution is 5.97. The molecular formula is C16H25NO. The molecular weight excluding hydrogens is 222 g/mol. The monoisotopic (exact) mass is 247 g/mol. The first-order chi connectivity index (χ1) is 8.25. The second-order valence-corrected chi connectivity index (χ2v) is 5.67. The molecule has 100 valence electrons. The molecule has 0 aromatic heterocycles. The van der Waals surface area contributed by atoms with Crippen molar-refractivity contribution in [1.29, 1.82) is 0 Å². The zero-order valence-corrected chi connectivity index (χ0v) is 12.7. The van der Waals surface area contributed by atoms with Gasteiger partial charge in [0, 0.05) is 17.6 Å². The lowest BCUT2D eigenvalue weighted by atomic mass is 9.98. The van der Waals surface area contributed by atoms with Gasteiger partial charge in [0.25, 0.3) is 5.91 Å². The van der Waals surface area contributed by atoms with Crippen molar-refractivity contribution < 1.29 is 4.79 Å². The third-order valence-corrected chi connectivity index (χ3v) is 3.24. The Morgan fingerprint density at radius 1 is 0.944 bits per heavy atom. The van der Waals surface area contributed by atoms with E-state index >= 15 is 0 Å². The van der Waals surface area contributed by atoms with E-state index < -0.39 is 0 Å². The van der Waals surface area contributed by atoms with E-state index in [1.54, 1.807) is 0 Å². The maximum absolute atomic E-state index is 12.7. The molecule has 0 N–H and O–H groups in total. The lowest BCUT2D eigenvalue weighted by molar-refractivity contribution is 0.0642. The quantitative estimate of drug-likeness (QED) is 0.794. The van der Waals surface area contributed by atoms with Crippen LogP contribution in [0.5, 0.6) is 0 Å². The summed E-state index contributed by atoms with van der Waals surface area (Å²) in [7, 11) is 0. The number of hydrogen-bond acceptors (Lipinski definition) is 1. The zero-order valence-electron chi connectivity index (χ0n) is 12.7. The van der Waals surface area contributed by atoms with E-state index in [2.05, 4.69) is 46.8 Å². The third-order valence-electron chi connectivity index (χ3n) is 3.24. The minimum absolute atomic E-state index is 0.148. The predicted molar refractivity (Wildman–Crippen MR) is 77.1 cm³/mol. The Morgan fingerprint density at radius 3 is 1.67 bits per heavy atom. The van der Waals surface area contributed by atoms with Gasteiger partial charge in [-0.25, -0.2) is 0 Å². The summed E-state index contributed by atoms with van der Waals surface area (Å²) in [5, 5.41) is 0. The number of amides is 1. The van der Waals surface area contributed by atoms with Crippen LogP contribution in [-0.4, -0.2) is 22.9 Å². The molecule has 0 aliphatic heterocycles. The molecule has 0 aliphatic rings. The lowest BCUT2D eigenvalue weighted by Gasteiger charge is -2.32. The summed E-state index contributed by atoms with van der Waals surface area (Å²) in [6.07, 6.45) is 0. The van der Waals surface area contributed by atoms with Gasteiger partial charge < -0.3 is 4.90 Å². The average Bonchev–Trinajstić information content (AvgIpc) is 2.13. The minimum Gasteiger partial charge on any atom is -0.334 e. The molecule has 0 heterocycles. The number of carbonyl (C=O) groups is 1. The normalized spacial score (nSPS) is 11.2. The second kappa shape index (κ2) is 5.55. The second-order valence-electron chi connectivity index (χ2n) is 5.67. The van der Waals surface area contributed by atoms with E-state index in [0.29, 0.717) is 0 Å². The number of rotatable bonds is 3. The summed E-state index contributed by atoms with van der Waals surface area (Å²) in [5.41, 5.74) is 4.22. The van der Waals surface area contributed by atoms with E-state index in [0.717, 1.165) is 16.7 Å². The van der Waals surface area contributed by atoms with Crippen LogP contribution < -0.4 is 0 Å². The summed E-state index contributed by atoms with van der Waals surface area (Å²) >= 11 is 0. The Labute approximate surface area is 111 Å². The van der Waals surface area contributed by atoms with Crippen LogP contribution in [0.15, 0.2) is 12.1 Å². The Kier molecular flexibility index (Phi) is 4.55. The maximum Gasteiger partial charge on any atom is 0.254 e. The van der Waals surface area contributed by atoms with Gasteiger partial charge in [0.15, 0.2) is 0 Å². The van der Waals surface area contributed by atoms with Gasteiger partial charge in [-0.15, -0.1) is 0 Å². The highest BCUT2D eigenvalue weighted by Gasteiger charge is 2.24. The van der Waals surface area contributed by atoms with Crippen LogP contribution in [-0.2, 0) is 0 Å². The molecule has 0 fully saturated rings. The van der Waals surface area contributed by atoms with Crippen LogP contribution in [0.3, 0.4) is 0 Å². The Hall–Kier alpha value is -1.31. The Bertz CT molecular complexity index is 415.